The van der Waals surface area contributed by atoms with Gasteiger partial charge in [0.05, 0.1) is 6.20 Å². The zero-order valence-electron chi connectivity index (χ0n) is 11.2. The van der Waals surface area contributed by atoms with Gasteiger partial charge in [-0.3, -0.25) is 8.97 Å². The highest BCUT2D eigenvalue weighted by atomic mass is 79.9. The lowest BCUT2D eigenvalue weighted by molar-refractivity contribution is 0.627. The molecule has 1 aromatic carbocycles. The molecule has 0 amide bonds. The molecule has 0 fully saturated rings. The van der Waals surface area contributed by atoms with E-state index in [9.17, 15) is 4.39 Å². The third-order valence-electron chi connectivity index (χ3n) is 3.37. The van der Waals surface area contributed by atoms with Crippen LogP contribution in [0.2, 0.25) is 0 Å². The fourth-order valence-electron chi connectivity index (χ4n) is 2.31. The Morgan fingerprint density at radius 3 is 2.68 bits per heavy atom. The van der Waals surface area contributed by atoms with E-state index < -0.39 is 0 Å². The Labute approximate surface area is 133 Å². The highest BCUT2D eigenvalue weighted by Gasteiger charge is 2.11. The van der Waals surface area contributed by atoms with Crippen molar-refractivity contribution in [3.8, 4) is 17.1 Å². The molecule has 3 aromatic heterocycles. The minimum Gasteiger partial charge on any atom is -0.293 e. The number of hydrogen-bond acceptors (Lipinski definition) is 3. The number of halogens is 2. The van der Waals surface area contributed by atoms with E-state index in [1.807, 2.05) is 27.3 Å². The summed E-state index contributed by atoms with van der Waals surface area (Å²) in [6.45, 7) is 0. The molecule has 0 N–H and O–H groups in total. The van der Waals surface area contributed by atoms with Crippen molar-refractivity contribution in [2.24, 2.45) is 0 Å². The van der Waals surface area contributed by atoms with E-state index in [2.05, 4.69) is 31.1 Å². The van der Waals surface area contributed by atoms with Crippen molar-refractivity contribution >= 4 is 21.6 Å². The molecule has 0 unspecified atom stereocenters. The fraction of sp³-hybridized carbons (Fsp3) is 0. The van der Waals surface area contributed by atoms with Crippen LogP contribution >= 0.6 is 15.9 Å². The van der Waals surface area contributed by atoms with Crippen LogP contribution in [-0.2, 0) is 0 Å². The van der Waals surface area contributed by atoms with Gasteiger partial charge in [-0.1, -0.05) is 0 Å². The molecule has 0 bridgehead atoms. The van der Waals surface area contributed by atoms with Gasteiger partial charge in [0, 0.05) is 17.4 Å². The predicted octanol–water partition coefficient (Wildman–Crippen LogP) is 3.48. The van der Waals surface area contributed by atoms with Crippen molar-refractivity contribution in [1.29, 1.82) is 0 Å². The van der Waals surface area contributed by atoms with Crippen LogP contribution in [0.25, 0.3) is 22.7 Å². The van der Waals surface area contributed by atoms with Gasteiger partial charge in [0.1, 0.15) is 22.4 Å². The van der Waals surface area contributed by atoms with Gasteiger partial charge in [0.25, 0.3) is 0 Å². The number of imidazole rings is 1. The van der Waals surface area contributed by atoms with E-state index in [0.717, 1.165) is 21.5 Å². The van der Waals surface area contributed by atoms with Crippen LogP contribution in [0.15, 0.2) is 59.7 Å². The average Bonchev–Trinajstić information content (AvgIpc) is 3.15. The van der Waals surface area contributed by atoms with E-state index in [1.165, 1.54) is 12.1 Å². The highest BCUT2D eigenvalue weighted by Crippen LogP contribution is 2.23. The van der Waals surface area contributed by atoms with Crippen LogP contribution in [-0.4, -0.2) is 24.1 Å². The predicted molar refractivity (Wildman–Crippen MR) is 83.2 cm³/mol. The van der Waals surface area contributed by atoms with E-state index >= 15 is 0 Å². The second kappa shape index (κ2) is 5.03. The first-order chi connectivity index (χ1) is 10.7. The summed E-state index contributed by atoms with van der Waals surface area (Å²) in [6.07, 6.45) is 5.27. The van der Waals surface area contributed by atoms with Crippen molar-refractivity contribution in [1.82, 2.24) is 24.1 Å². The summed E-state index contributed by atoms with van der Waals surface area (Å²) in [5, 5.41) is 8.15. The number of benzene rings is 1. The third-order valence-corrected chi connectivity index (χ3v) is 3.96. The largest absolute Gasteiger partial charge is 0.293 e. The smallest absolute Gasteiger partial charge is 0.169 e. The van der Waals surface area contributed by atoms with Gasteiger partial charge in [-0.15, -0.1) is 10.2 Å². The molecule has 0 aliphatic carbocycles. The van der Waals surface area contributed by atoms with Crippen molar-refractivity contribution in [3.05, 3.63) is 65.5 Å². The Balaban J connectivity index is 1.87. The van der Waals surface area contributed by atoms with Crippen LogP contribution in [0.4, 0.5) is 4.39 Å². The molecule has 0 radical (unpaired) electrons. The summed E-state index contributed by atoms with van der Waals surface area (Å²) < 4.78 is 17.7. The van der Waals surface area contributed by atoms with Gasteiger partial charge < -0.3 is 0 Å². The van der Waals surface area contributed by atoms with E-state index in [0.29, 0.717) is 5.82 Å². The van der Waals surface area contributed by atoms with Crippen LogP contribution in [0.5, 0.6) is 0 Å². The lowest BCUT2D eigenvalue weighted by Gasteiger charge is -2.07. The molecular weight excluding hydrogens is 349 g/mol. The molecule has 7 heteroatoms. The van der Waals surface area contributed by atoms with Crippen molar-refractivity contribution in [3.63, 3.8) is 0 Å². The zero-order chi connectivity index (χ0) is 15.1. The lowest BCUT2D eigenvalue weighted by atomic mass is 10.2. The van der Waals surface area contributed by atoms with E-state index in [4.69, 9.17) is 0 Å². The van der Waals surface area contributed by atoms with Crippen LogP contribution < -0.4 is 0 Å². The first kappa shape index (κ1) is 13.1. The van der Waals surface area contributed by atoms with Gasteiger partial charge in [-0.25, -0.2) is 9.37 Å². The van der Waals surface area contributed by atoms with Gasteiger partial charge in [0.2, 0.25) is 0 Å². The van der Waals surface area contributed by atoms with Gasteiger partial charge in [-0.2, -0.15) is 0 Å². The Morgan fingerprint density at radius 1 is 1.05 bits per heavy atom. The molecule has 0 saturated carbocycles. The Morgan fingerprint density at radius 2 is 1.86 bits per heavy atom. The maximum Gasteiger partial charge on any atom is 0.169 e. The maximum absolute atomic E-state index is 13.1. The number of fused-ring (bicyclic) bond motifs is 1. The first-order valence-electron chi connectivity index (χ1n) is 6.51. The summed E-state index contributed by atoms with van der Waals surface area (Å²) in [5.74, 6) is 0.399. The minimum absolute atomic E-state index is 0.276. The number of aromatic nitrogens is 5. The van der Waals surface area contributed by atoms with Crippen LogP contribution in [0.1, 0.15) is 0 Å². The monoisotopic (exact) mass is 357 g/mol. The first-order valence-corrected chi connectivity index (χ1v) is 7.30. The lowest BCUT2D eigenvalue weighted by Crippen LogP contribution is -1.97. The van der Waals surface area contributed by atoms with Gasteiger partial charge in [0.15, 0.2) is 5.82 Å². The Hall–Kier alpha value is -2.54. The molecule has 4 aromatic rings. The minimum atomic E-state index is -0.276. The topological polar surface area (TPSA) is 48.0 Å². The third kappa shape index (κ3) is 2.10. The molecule has 5 nitrogen and oxygen atoms in total. The molecule has 0 aliphatic rings. The molecule has 108 valence electrons. The molecule has 0 spiro atoms. The van der Waals surface area contributed by atoms with E-state index in [1.54, 1.807) is 24.7 Å². The SMILES string of the molecule is Fc1ccc(-n2cnnc2-c2ccc3ncc(Br)n3c2)cc1. The quantitative estimate of drug-likeness (QED) is 0.551. The highest BCUT2D eigenvalue weighted by molar-refractivity contribution is 9.10. The molecule has 0 aliphatic heterocycles. The number of pyridine rings is 1. The molecule has 3 heterocycles. The second-order valence-electron chi connectivity index (χ2n) is 4.73. The molecule has 4 rings (SSSR count). The number of hydrogen-bond donors (Lipinski definition) is 0. The molecule has 22 heavy (non-hydrogen) atoms. The molecule has 0 saturated heterocycles. The van der Waals surface area contributed by atoms with Crippen molar-refractivity contribution in [2.75, 3.05) is 0 Å². The molecule has 0 atom stereocenters. The number of nitrogens with zero attached hydrogens (tertiary/aromatic N) is 5. The van der Waals surface area contributed by atoms with Gasteiger partial charge >= 0.3 is 0 Å². The van der Waals surface area contributed by atoms with Gasteiger partial charge in [-0.05, 0) is 52.3 Å². The van der Waals surface area contributed by atoms with Crippen LogP contribution in [0.3, 0.4) is 0 Å². The standard InChI is InChI=1S/C15H9BrFN5/c16-13-7-18-14-6-1-10(8-21(13)14)15-20-19-9-22(15)12-4-2-11(17)3-5-12/h1-9H. The Bertz CT molecular complexity index is 958. The second-order valence-corrected chi connectivity index (χ2v) is 5.54. The normalized spacial score (nSPS) is 11.2. The number of rotatable bonds is 2. The summed E-state index contributed by atoms with van der Waals surface area (Å²) >= 11 is 3.45. The Kier molecular flexibility index (Phi) is 3.00. The van der Waals surface area contributed by atoms with Crippen molar-refractivity contribution < 1.29 is 4.39 Å². The average molecular weight is 358 g/mol. The zero-order valence-corrected chi connectivity index (χ0v) is 12.8. The van der Waals surface area contributed by atoms with E-state index in [-0.39, 0.29) is 5.82 Å². The maximum atomic E-state index is 13.1. The fourth-order valence-corrected chi connectivity index (χ4v) is 2.69. The summed E-state index contributed by atoms with van der Waals surface area (Å²) in [6, 6.07) is 10.0. The molecular formula is C15H9BrFN5. The van der Waals surface area contributed by atoms with Crippen molar-refractivity contribution in [2.45, 2.75) is 0 Å². The summed E-state index contributed by atoms with van der Waals surface area (Å²) in [4.78, 5) is 4.26. The summed E-state index contributed by atoms with van der Waals surface area (Å²) in [5.41, 5.74) is 2.52. The van der Waals surface area contributed by atoms with Crippen LogP contribution in [0, 0.1) is 5.82 Å². The summed E-state index contributed by atoms with van der Waals surface area (Å²) in [7, 11) is 0.